The summed E-state index contributed by atoms with van der Waals surface area (Å²) in [6.45, 7) is 0.287. The molecule has 0 aliphatic carbocycles. The predicted octanol–water partition coefficient (Wildman–Crippen LogP) is 3.88. The highest BCUT2D eigenvalue weighted by Gasteiger charge is 2.21. The molecule has 31 heavy (non-hydrogen) atoms. The first-order chi connectivity index (χ1) is 15.0. The lowest BCUT2D eigenvalue weighted by Gasteiger charge is -2.04. The topological polar surface area (TPSA) is 86.1 Å². The van der Waals surface area contributed by atoms with Crippen LogP contribution in [0.5, 0.6) is 5.75 Å². The molecule has 1 aliphatic heterocycles. The summed E-state index contributed by atoms with van der Waals surface area (Å²) in [5.41, 5.74) is 2.02. The number of benzene rings is 2. The lowest BCUT2D eigenvalue weighted by atomic mass is 10.1. The summed E-state index contributed by atoms with van der Waals surface area (Å²) < 4.78 is 7.66. The molecule has 0 unspecified atom stereocenters. The van der Waals surface area contributed by atoms with E-state index in [1.165, 1.54) is 16.4 Å². The van der Waals surface area contributed by atoms with Crippen molar-refractivity contribution in [2.75, 3.05) is 0 Å². The predicted molar refractivity (Wildman–Crippen MR) is 123 cm³/mol. The standard InChI is InChI=1S/C21H15ClN4O3S2/c22-15-5-3-14(4-6-15)18(27)11-26-10-16(24-25-26)12-29-17-7-1-13(2-8-17)9-19-20(28)23-21(30)31-19/h1-10H,11-12H2,(H,23,28,30)/b19-9-. The maximum Gasteiger partial charge on any atom is 0.263 e. The number of carbonyl (C=O) groups excluding carboxylic acids is 2. The molecule has 0 bridgehead atoms. The van der Waals surface area contributed by atoms with Crippen molar-refractivity contribution in [2.45, 2.75) is 13.2 Å². The lowest BCUT2D eigenvalue weighted by Crippen LogP contribution is -2.17. The number of halogens is 1. The molecule has 0 atom stereocenters. The van der Waals surface area contributed by atoms with Gasteiger partial charge in [0.05, 0.1) is 11.1 Å². The van der Waals surface area contributed by atoms with Gasteiger partial charge in [-0.15, -0.1) is 5.10 Å². The number of hydrogen-bond acceptors (Lipinski definition) is 7. The van der Waals surface area contributed by atoms with Crippen LogP contribution in [0.15, 0.2) is 59.6 Å². The van der Waals surface area contributed by atoms with Crippen LogP contribution in [0.3, 0.4) is 0 Å². The van der Waals surface area contributed by atoms with E-state index in [4.69, 9.17) is 28.6 Å². The van der Waals surface area contributed by atoms with Gasteiger partial charge in [-0.25, -0.2) is 4.68 Å². The minimum absolute atomic E-state index is 0.0764. The fourth-order valence-electron chi connectivity index (χ4n) is 2.75. The van der Waals surface area contributed by atoms with Crippen LogP contribution in [0.2, 0.25) is 5.02 Å². The molecule has 1 aromatic heterocycles. The van der Waals surface area contributed by atoms with Gasteiger partial charge >= 0.3 is 0 Å². The number of carbonyl (C=O) groups is 2. The van der Waals surface area contributed by atoms with Crippen LogP contribution < -0.4 is 10.1 Å². The fraction of sp³-hybridized carbons (Fsp3) is 0.0952. The SMILES string of the molecule is O=C1NC(=S)S/C1=C\c1ccc(OCc2cn(CC(=O)c3ccc(Cl)cc3)nn2)cc1. The number of nitrogens with zero attached hydrogens (tertiary/aromatic N) is 3. The third-order valence-corrected chi connectivity index (χ3v) is 5.68. The number of nitrogens with one attached hydrogen (secondary N) is 1. The van der Waals surface area contributed by atoms with Gasteiger partial charge in [0.15, 0.2) is 5.78 Å². The van der Waals surface area contributed by atoms with E-state index < -0.39 is 0 Å². The quantitative estimate of drug-likeness (QED) is 0.318. The average Bonchev–Trinajstić information content (AvgIpc) is 3.33. The molecule has 3 aromatic rings. The normalized spacial score (nSPS) is 14.7. The largest absolute Gasteiger partial charge is 0.487 e. The van der Waals surface area contributed by atoms with Crippen LogP contribution in [0.4, 0.5) is 0 Å². The molecular formula is C21H15ClN4O3S2. The Morgan fingerprint density at radius 3 is 2.61 bits per heavy atom. The third kappa shape index (κ3) is 5.57. The first-order valence-electron chi connectivity index (χ1n) is 9.12. The number of Topliss-reactive ketones (excluding diaryl/α,β-unsaturated/α-hetero) is 1. The first kappa shape index (κ1) is 21.2. The van der Waals surface area contributed by atoms with Crippen LogP contribution in [0, 0.1) is 0 Å². The van der Waals surface area contributed by atoms with Gasteiger partial charge in [0.1, 0.15) is 28.9 Å². The highest BCUT2D eigenvalue weighted by molar-refractivity contribution is 8.26. The van der Waals surface area contributed by atoms with E-state index in [1.54, 1.807) is 48.7 Å². The van der Waals surface area contributed by atoms with E-state index in [0.29, 0.717) is 31.3 Å². The second kappa shape index (κ2) is 9.42. The van der Waals surface area contributed by atoms with E-state index in [2.05, 4.69) is 15.6 Å². The Morgan fingerprint density at radius 2 is 1.94 bits per heavy atom. The molecular weight excluding hydrogens is 456 g/mol. The van der Waals surface area contributed by atoms with Crippen LogP contribution >= 0.6 is 35.6 Å². The zero-order valence-electron chi connectivity index (χ0n) is 15.9. The molecule has 4 rings (SSSR count). The molecule has 0 saturated carbocycles. The Bertz CT molecular complexity index is 1170. The van der Waals surface area contributed by atoms with Crippen molar-refractivity contribution in [3.05, 3.63) is 81.5 Å². The van der Waals surface area contributed by atoms with E-state index in [0.717, 1.165) is 5.56 Å². The van der Waals surface area contributed by atoms with Crippen LogP contribution in [-0.2, 0) is 17.9 Å². The molecule has 1 aliphatic rings. The number of hydrogen-bond donors (Lipinski definition) is 1. The van der Waals surface area contributed by atoms with Crippen molar-refractivity contribution in [1.82, 2.24) is 20.3 Å². The molecule has 0 radical (unpaired) electrons. The van der Waals surface area contributed by atoms with Crippen molar-refractivity contribution in [2.24, 2.45) is 0 Å². The molecule has 1 amide bonds. The van der Waals surface area contributed by atoms with Gasteiger partial charge in [-0.2, -0.15) is 0 Å². The van der Waals surface area contributed by atoms with Gasteiger partial charge in [0.25, 0.3) is 5.91 Å². The van der Waals surface area contributed by atoms with Gasteiger partial charge in [-0.1, -0.05) is 52.9 Å². The third-order valence-electron chi connectivity index (χ3n) is 4.26. The Labute approximate surface area is 192 Å². The van der Waals surface area contributed by atoms with Gasteiger partial charge in [-0.05, 0) is 48.0 Å². The summed E-state index contributed by atoms with van der Waals surface area (Å²) in [7, 11) is 0. The summed E-state index contributed by atoms with van der Waals surface area (Å²) in [4.78, 5) is 24.6. The van der Waals surface area contributed by atoms with Crippen molar-refractivity contribution in [1.29, 1.82) is 0 Å². The number of thioether (sulfide) groups is 1. The molecule has 10 heteroatoms. The Balaban J connectivity index is 1.32. The monoisotopic (exact) mass is 470 g/mol. The van der Waals surface area contributed by atoms with E-state index in [9.17, 15) is 9.59 Å². The van der Waals surface area contributed by atoms with Gasteiger partial charge in [0.2, 0.25) is 0 Å². The van der Waals surface area contributed by atoms with Crippen molar-refractivity contribution < 1.29 is 14.3 Å². The second-order valence-electron chi connectivity index (χ2n) is 6.55. The molecule has 0 spiro atoms. The van der Waals surface area contributed by atoms with Crippen molar-refractivity contribution in [3.63, 3.8) is 0 Å². The Kier molecular flexibility index (Phi) is 6.45. The number of aromatic nitrogens is 3. The number of ketones is 1. The number of amides is 1. The molecule has 2 aromatic carbocycles. The van der Waals surface area contributed by atoms with Crippen LogP contribution in [-0.4, -0.2) is 31.0 Å². The molecule has 156 valence electrons. The number of rotatable bonds is 7. The summed E-state index contributed by atoms with van der Waals surface area (Å²) in [6.07, 6.45) is 3.44. The lowest BCUT2D eigenvalue weighted by molar-refractivity contribution is -0.115. The molecule has 7 nitrogen and oxygen atoms in total. The van der Waals surface area contributed by atoms with E-state index in [-0.39, 0.29) is 24.8 Å². The zero-order valence-corrected chi connectivity index (χ0v) is 18.3. The Morgan fingerprint density at radius 1 is 1.19 bits per heavy atom. The average molecular weight is 471 g/mol. The van der Waals surface area contributed by atoms with Crippen molar-refractivity contribution >= 4 is 57.7 Å². The summed E-state index contributed by atoms with van der Waals surface area (Å²) in [5.74, 6) is 0.370. The number of ether oxygens (including phenoxy) is 1. The fourth-order valence-corrected chi connectivity index (χ4v) is 3.92. The Hall–Kier alpha value is -3.01. The van der Waals surface area contributed by atoms with Gasteiger partial charge in [-0.3, -0.25) is 9.59 Å². The molecule has 1 saturated heterocycles. The summed E-state index contributed by atoms with van der Waals surface area (Å²) >= 11 is 12.1. The van der Waals surface area contributed by atoms with Crippen LogP contribution in [0.1, 0.15) is 21.6 Å². The van der Waals surface area contributed by atoms with E-state index in [1.807, 2.05) is 12.1 Å². The zero-order chi connectivity index (χ0) is 21.8. The molecule has 1 fully saturated rings. The smallest absolute Gasteiger partial charge is 0.263 e. The van der Waals surface area contributed by atoms with Gasteiger partial charge < -0.3 is 10.1 Å². The highest BCUT2D eigenvalue weighted by Crippen LogP contribution is 2.26. The van der Waals surface area contributed by atoms with Crippen LogP contribution in [0.25, 0.3) is 6.08 Å². The highest BCUT2D eigenvalue weighted by atomic mass is 35.5. The summed E-state index contributed by atoms with van der Waals surface area (Å²) in [6, 6.07) is 14.0. The number of thiocarbonyl (C=S) groups is 1. The van der Waals surface area contributed by atoms with Crippen molar-refractivity contribution in [3.8, 4) is 5.75 Å². The summed E-state index contributed by atoms with van der Waals surface area (Å²) in [5, 5.41) is 11.2. The maximum absolute atomic E-state index is 12.3. The van der Waals surface area contributed by atoms with E-state index >= 15 is 0 Å². The minimum Gasteiger partial charge on any atom is -0.487 e. The van der Waals surface area contributed by atoms with Gasteiger partial charge in [0, 0.05) is 10.6 Å². The first-order valence-corrected chi connectivity index (χ1v) is 10.7. The second-order valence-corrected chi connectivity index (χ2v) is 8.70. The molecule has 1 N–H and O–H groups in total. The molecule has 2 heterocycles. The minimum atomic E-state index is -0.187. The maximum atomic E-state index is 12.3.